The molecular formula is C13H14N2O2. The first-order valence-electron chi connectivity index (χ1n) is 5.91. The maximum absolute atomic E-state index is 11.6. The zero-order chi connectivity index (χ0) is 11.8. The van der Waals surface area contributed by atoms with Gasteiger partial charge in [-0.25, -0.2) is 0 Å². The minimum atomic E-state index is 0.0923. The van der Waals surface area contributed by atoms with Crippen molar-refractivity contribution in [1.29, 1.82) is 0 Å². The molecule has 0 saturated heterocycles. The van der Waals surface area contributed by atoms with Crippen LogP contribution in [0.1, 0.15) is 24.3 Å². The van der Waals surface area contributed by atoms with Crippen LogP contribution in [0.5, 0.6) is 0 Å². The highest BCUT2D eigenvalue weighted by Gasteiger charge is 2.33. The van der Waals surface area contributed by atoms with Crippen molar-refractivity contribution in [3.63, 3.8) is 0 Å². The Morgan fingerprint density at radius 1 is 1.47 bits per heavy atom. The lowest BCUT2D eigenvalue weighted by molar-refractivity contribution is -0.116. The molecule has 0 aromatic heterocycles. The molecule has 2 aliphatic heterocycles. The van der Waals surface area contributed by atoms with Crippen molar-refractivity contribution in [3.8, 4) is 0 Å². The molecule has 2 aliphatic rings. The number of nitrogens with zero attached hydrogens (tertiary/aromatic N) is 1. The zero-order valence-electron chi connectivity index (χ0n) is 9.48. The van der Waals surface area contributed by atoms with E-state index in [0.29, 0.717) is 18.9 Å². The fourth-order valence-corrected chi connectivity index (χ4v) is 2.84. The highest BCUT2D eigenvalue weighted by molar-refractivity contribution is 5.94. The van der Waals surface area contributed by atoms with Crippen molar-refractivity contribution in [2.24, 2.45) is 0 Å². The first-order valence-corrected chi connectivity index (χ1v) is 5.91. The average Bonchev–Trinajstić information content (AvgIpc) is 2.58. The van der Waals surface area contributed by atoms with Gasteiger partial charge in [-0.1, -0.05) is 6.07 Å². The van der Waals surface area contributed by atoms with Crippen LogP contribution in [0.2, 0.25) is 0 Å². The number of carbonyl (C=O) groups excluding carboxylic acids is 2. The number of rotatable bonds is 2. The third-order valence-electron chi connectivity index (χ3n) is 3.56. The lowest BCUT2D eigenvalue weighted by Crippen LogP contribution is -2.24. The number of nitrogens with one attached hydrogen (secondary N) is 1. The molecule has 1 atom stereocenters. The number of aldehydes is 1. The number of anilines is 2. The highest BCUT2D eigenvalue weighted by atomic mass is 16.1. The molecular weight excluding hydrogens is 216 g/mol. The van der Waals surface area contributed by atoms with Crippen molar-refractivity contribution >= 4 is 23.6 Å². The predicted octanol–water partition coefficient (Wildman–Crippen LogP) is 1.52. The van der Waals surface area contributed by atoms with E-state index in [0.717, 1.165) is 30.6 Å². The summed E-state index contributed by atoms with van der Waals surface area (Å²) in [6, 6.07) is 5.90. The molecule has 1 amide bonds. The van der Waals surface area contributed by atoms with Crippen LogP contribution in [-0.4, -0.2) is 25.3 Å². The molecule has 2 heterocycles. The molecule has 0 fully saturated rings. The van der Waals surface area contributed by atoms with Gasteiger partial charge in [0, 0.05) is 35.8 Å². The summed E-state index contributed by atoms with van der Waals surface area (Å²) in [6.45, 7) is 1.28. The first kappa shape index (κ1) is 10.3. The Balaban J connectivity index is 2.08. The summed E-state index contributed by atoms with van der Waals surface area (Å²) < 4.78 is 0. The van der Waals surface area contributed by atoms with Crippen LogP contribution in [0.3, 0.4) is 0 Å². The number of hydrogen-bond donors (Lipinski definition) is 1. The smallest absolute Gasteiger partial charge is 0.224 e. The van der Waals surface area contributed by atoms with Gasteiger partial charge < -0.3 is 15.0 Å². The molecule has 0 aliphatic carbocycles. The summed E-state index contributed by atoms with van der Waals surface area (Å²) in [4.78, 5) is 24.3. The number of carbonyl (C=O) groups is 2. The fourth-order valence-electron chi connectivity index (χ4n) is 2.84. The van der Waals surface area contributed by atoms with E-state index in [2.05, 4.69) is 10.2 Å². The molecule has 88 valence electrons. The van der Waals surface area contributed by atoms with Crippen LogP contribution < -0.4 is 10.2 Å². The summed E-state index contributed by atoms with van der Waals surface area (Å²) in [5.41, 5.74) is 3.23. The fraction of sp³-hybridized carbons (Fsp3) is 0.385. The van der Waals surface area contributed by atoms with Crippen molar-refractivity contribution in [2.75, 3.05) is 23.3 Å². The second-order valence-electron chi connectivity index (χ2n) is 4.59. The van der Waals surface area contributed by atoms with Crippen LogP contribution >= 0.6 is 0 Å². The van der Waals surface area contributed by atoms with Gasteiger partial charge in [-0.05, 0) is 18.6 Å². The minimum absolute atomic E-state index is 0.0923. The van der Waals surface area contributed by atoms with E-state index in [1.165, 1.54) is 5.56 Å². The Morgan fingerprint density at radius 3 is 3.18 bits per heavy atom. The molecule has 4 heteroatoms. The van der Waals surface area contributed by atoms with Gasteiger partial charge in [0.15, 0.2) is 0 Å². The predicted molar refractivity (Wildman–Crippen MR) is 65.3 cm³/mol. The van der Waals surface area contributed by atoms with E-state index in [9.17, 15) is 9.59 Å². The SMILES string of the molecule is O=CCN1CC2CCC(=O)Nc3cccc1c32. The van der Waals surface area contributed by atoms with Crippen LogP contribution in [0.25, 0.3) is 0 Å². The molecule has 3 rings (SSSR count). The average molecular weight is 230 g/mol. The van der Waals surface area contributed by atoms with E-state index in [4.69, 9.17) is 0 Å². The van der Waals surface area contributed by atoms with Gasteiger partial charge in [-0.3, -0.25) is 4.79 Å². The standard InChI is InChI=1S/C13H14N2O2/c16-7-6-15-8-9-4-5-12(17)14-10-2-1-3-11(15)13(9)10/h1-3,7,9H,4-6,8H2,(H,14,17). The van der Waals surface area contributed by atoms with Crippen molar-refractivity contribution in [3.05, 3.63) is 23.8 Å². The summed E-state index contributed by atoms with van der Waals surface area (Å²) in [5.74, 6) is 0.467. The molecule has 1 aromatic carbocycles. The topological polar surface area (TPSA) is 49.4 Å². The van der Waals surface area contributed by atoms with Crippen molar-refractivity contribution < 1.29 is 9.59 Å². The Labute approximate surface area is 99.6 Å². The molecule has 1 aromatic rings. The number of amides is 1. The molecule has 1 N–H and O–H groups in total. The molecule has 1 unspecified atom stereocenters. The summed E-state index contributed by atoms with van der Waals surface area (Å²) >= 11 is 0. The molecule has 0 radical (unpaired) electrons. The van der Waals surface area contributed by atoms with Crippen LogP contribution in [0, 0.1) is 0 Å². The summed E-state index contributed by atoms with van der Waals surface area (Å²) in [5, 5.41) is 2.94. The van der Waals surface area contributed by atoms with Crippen molar-refractivity contribution in [1.82, 2.24) is 0 Å². The molecule has 0 spiro atoms. The Kier molecular flexibility index (Phi) is 2.35. The molecule has 0 bridgehead atoms. The van der Waals surface area contributed by atoms with E-state index < -0.39 is 0 Å². The lowest BCUT2D eigenvalue weighted by atomic mass is 9.96. The molecule has 4 nitrogen and oxygen atoms in total. The van der Waals surface area contributed by atoms with Crippen molar-refractivity contribution in [2.45, 2.75) is 18.8 Å². The minimum Gasteiger partial charge on any atom is -0.364 e. The number of hydrogen-bond acceptors (Lipinski definition) is 3. The van der Waals surface area contributed by atoms with E-state index in [1.807, 2.05) is 18.2 Å². The van der Waals surface area contributed by atoms with E-state index in [-0.39, 0.29) is 5.91 Å². The lowest BCUT2D eigenvalue weighted by Gasteiger charge is -2.17. The first-order chi connectivity index (χ1) is 8.29. The maximum Gasteiger partial charge on any atom is 0.224 e. The zero-order valence-corrected chi connectivity index (χ0v) is 9.48. The second kappa shape index (κ2) is 3.87. The van der Waals surface area contributed by atoms with Gasteiger partial charge in [0.25, 0.3) is 0 Å². The van der Waals surface area contributed by atoms with Gasteiger partial charge in [-0.15, -0.1) is 0 Å². The molecule has 0 saturated carbocycles. The Bertz CT molecular complexity index is 484. The summed E-state index contributed by atoms with van der Waals surface area (Å²) in [6.07, 6.45) is 2.36. The third-order valence-corrected chi connectivity index (χ3v) is 3.56. The van der Waals surface area contributed by atoms with E-state index in [1.54, 1.807) is 0 Å². The van der Waals surface area contributed by atoms with Gasteiger partial charge in [0.1, 0.15) is 6.29 Å². The van der Waals surface area contributed by atoms with Gasteiger partial charge in [-0.2, -0.15) is 0 Å². The largest absolute Gasteiger partial charge is 0.364 e. The quantitative estimate of drug-likeness (QED) is 0.784. The Hall–Kier alpha value is -1.84. The Morgan fingerprint density at radius 2 is 2.35 bits per heavy atom. The monoisotopic (exact) mass is 230 g/mol. The highest BCUT2D eigenvalue weighted by Crippen LogP contribution is 2.44. The van der Waals surface area contributed by atoms with Gasteiger partial charge >= 0.3 is 0 Å². The van der Waals surface area contributed by atoms with Gasteiger partial charge in [0.2, 0.25) is 5.91 Å². The third kappa shape index (κ3) is 1.60. The number of benzene rings is 1. The van der Waals surface area contributed by atoms with Crippen LogP contribution in [0.4, 0.5) is 11.4 Å². The van der Waals surface area contributed by atoms with Crippen LogP contribution in [0.15, 0.2) is 18.2 Å². The second-order valence-corrected chi connectivity index (χ2v) is 4.59. The molecule has 17 heavy (non-hydrogen) atoms. The normalized spacial score (nSPS) is 21.8. The van der Waals surface area contributed by atoms with E-state index >= 15 is 0 Å². The summed E-state index contributed by atoms with van der Waals surface area (Å²) in [7, 11) is 0. The van der Waals surface area contributed by atoms with Gasteiger partial charge in [0.05, 0.1) is 6.54 Å². The van der Waals surface area contributed by atoms with Crippen LogP contribution in [-0.2, 0) is 9.59 Å². The maximum atomic E-state index is 11.6.